The summed E-state index contributed by atoms with van der Waals surface area (Å²) in [6.45, 7) is 7.10. The predicted octanol–water partition coefficient (Wildman–Crippen LogP) is 2.56. The molecule has 2 aliphatic heterocycles. The van der Waals surface area contributed by atoms with Crippen molar-refractivity contribution >= 4 is 0 Å². The molecule has 2 heterocycles. The Balaban J connectivity index is 2.09. The van der Waals surface area contributed by atoms with Crippen molar-refractivity contribution in [1.29, 1.82) is 0 Å². The summed E-state index contributed by atoms with van der Waals surface area (Å²) in [6.07, 6.45) is 5.80. The van der Waals surface area contributed by atoms with E-state index in [4.69, 9.17) is 0 Å². The SMILES string of the molecule is CC(C)(C)C1NC2CCC1CC2. The van der Waals surface area contributed by atoms with Crippen molar-refractivity contribution in [2.75, 3.05) is 0 Å². The van der Waals surface area contributed by atoms with Gasteiger partial charge in [-0.2, -0.15) is 0 Å². The molecule has 1 atom stereocenters. The van der Waals surface area contributed by atoms with Crippen molar-refractivity contribution in [2.24, 2.45) is 11.3 Å². The van der Waals surface area contributed by atoms with Gasteiger partial charge in [0.15, 0.2) is 0 Å². The Hall–Kier alpha value is -0.0400. The van der Waals surface area contributed by atoms with Gasteiger partial charge in [0.1, 0.15) is 0 Å². The number of hydrogen-bond donors (Lipinski definition) is 1. The third kappa shape index (κ3) is 1.39. The number of rotatable bonds is 0. The van der Waals surface area contributed by atoms with E-state index >= 15 is 0 Å². The summed E-state index contributed by atoms with van der Waals surface area (Å²) in [6, 6.07) is 1.63. The van der Waals surface area contributed by atoms with Gasteiger partial charge in [-0.15, -0.1) is 0 Å². The molecule has 70 valence electrons. The van der Waals surface area contributed by atoms with Gasteiger partial charge < -0.3 is 5.32 Å². The Morgan fingerprint density at radius 1 is 1.00 bits per heavy atom. The molecule has 1 saturated carbocycles. The highest BCUT2D eigenvalue weighted by Gasteiger charge is 2.40. The molecule has 2 bridgehead atoms. The maximum Gasteiger partial charge on any atom is 0.0146 e. The fourth-order valence-electron chi connectivity index (χ4n) is 2.97. The molecule has 0 aromatic rings. The molecule has 1 nitrogen and oxygen atoms in total. The van der Waals surface area contributed by atoms with Gasteiger partial charge in [-0.25, -0.2) is 0 Å². The largest absolute Gasteiger partial charge is 0.310 e. The van der Waals surface area contributed by atoms with Crippen LogP contribution < -0.4 is 5.32 Å². The van der Waals surface area contributed by atoms with Crippen LogP contribution in [0.1, 0.15) is 46.5 Å². The Bertz CT molecular complexity index is 160. The Morgan fingerprint density at radius 2 is 1.58 bits per heavy atom. The molecule has 3 aliphatic rings. The van der Waals surface area contributed by atoms with E-state index in [1.165, 1.54) is 25.7 Å². The van der Waals surface area contributed by atoms with Gasteiger partial charge in [-0.1, -0.05) is 20.8 Å². The molecular weight excluding hydrogens is 146 g/mol. The Labute approximate surface area is 75.9 Å². The minimum atomic E-state index is 0.462. The van der Waals surface area contributed by atoms with E-state index in [1.807, 2.05) is 0 Å². The molecule has 0 radical (unpaired) electrons. The highest BCUT2D eigenvalue weighted by molar-refractivity contribution is 4.97. The van der Waals surface area contributed by atoms with E-state index in [-0.39, 0.29) is 0 Å². The van der Waals surface area contributed by atoms with Crippen molar-refractivity contribution in [2.45, 2.75) is 58.5 Å². The zero-order chi connectivity index (χ0) is 8.77. The van der Waals surface area contributed by atoms with Crippen molar-refractivity contribution in [3.05, 3.63) is 0 Å². The summed E-state index contributed by atoms with van der Waals surface area (Å²) in [4.78, 5) is 0. The molecule has 1 unspecified atom stereocenters. The second-order valence-corrected chi connectivity index (χ2v) is 5.62. The first-order chi connectivity index (χ1) is 5.57. The zero-order valence-electron chi connectivity index (χ0n) is 8.56. The number of piperidine rings is 2. The van der Waals surface area contributed by atoms with Crippen LogP contribution in [0.4, 0.5) is 0 Å². The Morgan fingerprint density at radius 3 is 1.83 bits per heavy atom. The number of hydrogen-bond acceptors (Lipinski definition) is 1. The lowest BCUT2D eigenvalue weighted by Crippen LogP contribution is -2.57. The fourth-order valence-corrected chi connectivity index (χ4v) is 2.97. The first-order valence-electron chi connectivity index (χ1n) is 5.33. The van der Waals surface area contributed by atoms with Crippen LogP contribution >= 0.6 is 0 Å². The van der Waals surface area contributed by atoms with E-state index < -0.39 is 0 Å². The number of fused-ring (bicyclic) bond motifs is 3. The van der Waals surface area contributed by atoms with E-state index in [1.54, 1.807) is 0 Å². The molecule has 3 fully saturated rings. The van der Waals surface area contributed by atoms with E-state index in [9.17, 15) is 0 Å². The summed E-state index contributed by atoms with van der Waals surface area (Å²) < 4.78 is 0. The van der Waals surface area contributed by atoms with E-state index in [0.29, 0.717) is 5.41 Å². The van der Waals surface area contributed by atoms with Crippen molar-refractivity contribution in [3.63, 3.8) is 0 Å². The minimum absolute atomic E-state index is 0.462. The van der Waals surface area contributed by atoms with Gasteiger partial charge >= 0.3 is 0 Å². The fraction of sp³-hybridized carbons (Fsp3) is 1.00. The standard InChI is InChI=1S/C11H21N/c1-11(2,3)10-8-4-6-9(12-10)7-5-8/h8-10,12H,4-7H2,1-3H3. The molecule has 2 saturated heterocycles. The van der Waals surface area contributed by atoms with Crippen molar-refractivity contribution in [3.8, 4) is 0 Å². The van der Waals surface area contributed by atoms with Gasteiger partial charge in [0.2, 0.25) is 0 Å². The van der Waals surface area contributed by atoms with Crippen LogP contribution in [0.2, 0.25) is 0 Å². The third-order valence-electron chi connectivity index (χ3n) is 3.59. The van der Waals surface area contributed by atoms with Crippen LogP contribution in [0.15, 0.2) is 0 Å². The molecule has 3 rings (SSSR count). The Kier molecular flexibility index (Phi) is 1.95. The number of nitrogens with one attached hydrogen (secondary N) is 1. The maximum atomic E-state index is 3.79. The smallest absolute Gasteiger partial charge is 0.0146 e. The highest BCUT2D eigenvalue weighted by atomic mass is 15.0. The molecule has 0 aromatic heterocycles. The molecule has 1 heteroatoms. The topological polar surface area (TPSA) is 12.0 Å². The van der Waals surface area contributed by atoms with Gasteiger partial charge in [-0.05, 0) is 37.0 Å². The van der Waals surface area contributed by atoms with Crippen LogP contribution in [-0.4, -0.2) is 12.1 Å². The third-order valence-corrected chi connectivity index (χ3v) is 3.59. The van der Waals surface area contributed by atoms with Gasteiger partial charge in [0, 0.05) is 12.1 Å². The maximum absolute atomic E-state index is 3.79. The molecule has 1 N–H and O–H groups in total. The molecular formula is C11H21N. The average molecular weight is 167 g/mol. The summed E-state index contributed by atoms with van der Waals surface area (Å²) in [5, 5.41) is 3.79. The first-order valence-corrected chi connectivity index (χ1v) is 5.33. The zero-order valence-corrected chi connectivity index (χ0v) is 8.56. The lowest BCUT2D eigenvalue weighted by atomic mass is 9.68. The first kappa shape index (κ1) is 8.55. The minimum Gasteiger partial charge on any atom is -0.310 e. The summed E-state index contributed by atoms with van der Waals surface area (Å²) in [5.41, 5.74) is 0.462. The quantitative estimate of drug-likeness (QED) is 0.584. The highest BCUT2D eigenvalue weighted by Crippen LogP contribution is 2.39. The lowest BCUT2D eigenvalue weighted by molar-refractivity contribution is 0.0749. The van der Waals surface area contributed by atoms with E-state index in [0.717, 1.165) is 18.0 Å². The second-order valence-electron chi connectivity index (χ2n) is 5.62. The van der Waals surface area contributed by atoms with Gasteiger partial charge in [0.25, 0.3) is 0 Å². The normalized spacial score (nSPS) is 41.8. The predicted molar refractivity (Wildman–Crippen MR) is 52.1 cm³/mol. The van der Waals surface area contributed by atoms with Crippen LogP contribution in [0.25, 0.3) is 0 Å². The average Bonchev–Trinajstić information content (AvgIpc) is 2.05. The molecule has 1 aliphatic carbocycles. The van der Waals surface area contributed by atoms with Gasteiger partial charge in [0.05, 0.1) is 0 Å². The van der Waals surface area contributed by atoms with Crippen LogP contribution in [-0.2, 0) is 0 Å². The monoisotopic (exact) mass is 167 g/mol. The summed E-state index contributed by atoms with van der Waals surface area (Å²) in [5.74, 6) is 0.968. The van der Waals surface area contributed by atoms with Crippen LogP contribution in [0.3, 0.4) is 0 Å². The van der Waals surface area contributed by atoms with E-state index in [2.05, 4.69) is 26.1 Å². The molecule has 0 aromatic carbocycles. The van der Waals surface area contributed by atoms with Crippen molar-refractivity contribution < 1.29 is 0 Å². The lowest BCUT2D eigenvalue weighted by Gasteiger charge is -2.49. The van der Waals surface area contributed by atoms with Gasteiger partial charge in [-0.3, -0.25) is 0 Å². The summed E-state index contributed by atoms with van der Waals surface area (Å²) >= 11 is 0. The molecule has 12 heavy (non-hydrogen) atoms. The molecule has 0 amide bonds. The molecule has 0 spiro atoms. The summed E-state index contributed by atoms with van der Waals surface area (Å²) in [7, 11) is 0. The second kappa shape index (κ2) is 2.73. The van der Waals surface area contributed by atoms with Crippen LogP contribution in [0, 0.1) is 11.3 Å². The van der Waals surface area contributed by atoms with Crippen LogP contribution in [0.5, 0.6) is 0 Å². The van der Waals surface area contributed by atoms with Crippen molar-refractivity contribution in [1.82, 2.24) is 5.32 Å².